The third-order valence-corrected chi connectivity index (χ3v) is 8.67. The van der Waals surface area contributed by atoms with E-state index < -0.39 is 11.9 Å². The molecule has 0 spiro atoms. The average Bonchev–Trinajstić information content (AvgIpc) is 3.61. The summed E-state index contributed by atoms with van der Waals surface area (Å²) in [6, 6.07) is 16.4. The van der Waals surface area contributed by atoms with Crippen LogP contribution in [0.4, 0.5) is 10.1 Å². The maximum absolute atomic E-state index is 14.9. The quantitative estimate of drug-likeness (QED) is 0.149. The first-order valence-corrected chi connectivity index (χ1v) is 16.0. The molecule has 0 aliphatic heterocycles. The normalized spacial score (nSPS) is 16.5. The van der Waals surface area contributed by atoms with Gasteiger partial charge < -0.3 is 21.7 Å². The number of H-pyrrole nitrogens is 1. The highest BCUT2D eigenvalue weighted by molar-refractivity contribution is 5.98. The second-order valence-electron chi connectivity index (χ2n) is 12.5. The van der Waals surface area contributed by atoms with Crippen molar-refractivity contribution in [3.05, 3.63) is 83.2 Å². The van der Waals surface area contributed by atoms with Gasteiger partial charge in [-0.3, -0.25) is 14.4 Å². The molecule has 1 aliphatic rings. The van der Waals surface area contributed by atoms with Crippen LogP contribution in [-0.2, 0) is 16.0 Å². The number of aromatic amines is 1. The summed E-state index contributed by atoms with van der Waals surface area (Å²) in [7, 11) is 0. The molecule has 13 heteroatoms. The van der Waals surface area contributed by atoms with E-state index in [1.807, 2.05) is 38.1 Å². The van der Waals surface area contributed by atoms with Crippen LogP contribution in [0.1, 0.15) is 61.0 Å². The Morgan fingerprint density at radius 1 is 0.958 bits per heavy atom. The van der Waals surface area contributed by atoms with Gasteiger partial charge in [0.05, 0.1) is 0 Å². The summed E-state index contributed by atoms with van der Waals surface area (Å²) in [5, 5.41) is 22.7. The Balaban J connectivity index is 0.00000520. The minimum Gasteiger partial charge on any atom is -0.350 e. The van der Waals surface area contributed by atoms with Gasteiger partial charge in [0.15, 0.2) is 0 Å². The van der Waals surface area contributed by atoms with Crippen molar-refractivity contribution in [1.82, 2.24) is 31.3 Å². The summed E-state index contributed by atoms with van der Waals surface area (Å²) < 4.78 is 14.9. The Morgan fingerprint density at radius 3 is 2.23 bits per heavy atom. The molecule has 48 heavy (non-hydrogen) atoms. The van der Waals surface area contributed by atoms with Gasteiger partial charge in [-0.05, 0) is 123 Å². The van der Waals surface area contributed by atoms with Crippen molar-refractivity contribution in [3.8, 4) is 22.5 Å². The van der Waals surface area contributed by atoms with Gasteiger partial charge in [0.1, 0.15) is 11.9 Å². The molecule has 1 heterocycles. The number of aromatic nitrogens is 4. The van der Waals surface area contributed by atoms with E-state index in [1.54, 1.807) is 37.3 Å². The van der Waals surface area contributed by atoms with E-state index >= 15 is 0 Å². The zero-order valence-corrected chi connectivity index (χ0v) is 28.1. The van der Waals surface area contributed by atoms with Gasteiger partial charge in [-0.15, -0.1) is 22.6 Å². The van der Waals surface area contributed by atoms with Crippen molar-refractivity contribution in [2.45, 2.75) is 65.0 Å². The number of nitrogens with two attached hydrogens (primary N) is 1. The van der Waals surface area contributed by atoms with Crippen LogP contribution >= 0.6 is 12.4 Å². The number of benzene rings is 3. The zero-order chi connectivity index (χ0) is 33.5. The first-order chi connectivity index (χ1) is 22.6. The SMILES string of the molecule is Cc1c(F)cc(C(=O)NC(C)C)cc1-c1ccc(C[C@H](NC(=O)[C@H]2CC[C@H](CN)CC2)C(=O)Nc2ccc(-c3nn[nH]n3)cc2)cc1.Cl. The van der Waals surface area contributed by atoms with Gasteiger partial charge in [0.2, 0.25) is 17.6 Å². The Kier molecular flexibility index (Phi) is 12.4. The monoisotopic (exact) mass is 676 g/mol. The molecule has 1 atom stereocenters. The number of nitrogens with zero attached hydrogens (tertiary/aromatic N) is 3. The number of carbonyl (C=O) groups excluding carboxylic acids is 3. The van der Waals surface area contributed by atoms with Crippen molar-refractivity contribution in [2.75, 3.05) is 11.9 Å². The molecule has 5 rings (SSSR count). The Hall–Kier alpha value is -4.68. The second-order valence-corrected chi connectivity index (χ2v) is 12.5. The van der Waals surface area contributed by atoms with Crippen LogP contribution in [0.5, 0.6) is 0 Å². The highest BCUT2D eigenvalue weighted by Gasteiger charge is 2.29. The molecule has 1 aliphatic carbocycles. The van der Waals surface area contributed by atoms with Crippen LogP contribution in [0, 0.1) is 24.6 Å². The Labute approximate surface area is 285 Å². The van der Waals surface area contributed by atoms with Crippen LogP contribution in [0.15, 0.2) is 60.7 Å². The number of nitrogens with one attached hydrogen (secondary N) is 4. The maximum atomic E-state index is 14.9. The Bertz CT molecular complexity index is 1690. The second kappa shape index (κ2) is 16.4. The fourth-order valence-corrected chi connectivity index (χ4v) is 5.89. The lowest BCUT2D eigenvalue weighted by molar-refractivity contribution is -0.130. The van der Waals surface area contributed by atoms with E-state index in [9.17, 15) is 18.8 Å². The predicted molar refractivity (Wildman–Crippen MR) is 185 cm³/mol. The molecule has 6 N–H and O–H groups in total. The molecule has 3 aromatic carbocycles. The van der Waals surface area contributed by atoms with E-state index in [2.05, 4.69) is 36.6 Å². The number of carbonyl (C=O) groups is 3. The summed E-state index contributed by atoms with van der Waals surface area (Å²) in [6.45, 7) is 5.98. The Morgan fingerprint density at radius 2 is 1.62 bits per heavy atom. The van der Waals surface area contributed by atoms with Crippen LogP contribution in [-0.4, -0.2) is 57.0 Å². The molecule has 11 nitrogen and oxygen atoms in total. The van der Waals surface area contributed by atoms with Crippen molar-refractivity contribution in [2.24, 2.45) is 17.6 Å². The van der Waals surface area contributed by atoms with Crippen LogP contribution in [0.3, 0.4) is 0 Å². The van der Waals surface area contributed by atoms with Crippen molar-refractivity contribution >= 4 is 35.8 Å². The summed E-state index contributed by atoms with van der Waals surface area (Å²) >= 11 is 0. The lowest BCUT2D eigenvalue weighted by Gasteiger charge is -2.28. The summed E-state index contributed by atoms with van der Waals surface area (Å²) in [6.07, 6.45) is 3.48. The molecule has 0 radical (unpaired) electrons. The van der Waals surface area contributed by atoms with Crippen LogP contribution in [0.25, 0.3) is 22.5 Å². The molecule has 1 aromatic heterocycles. The molecule has 4 aromatic rings. The zero-order valence-electron chi connectivity index (χ0n) is 27.3. The smallest absolute Gasteiger partial charge is 0.251 e. The van der Waals surface area contributed by atoms with E-state index in [0.717, 1.165) is 42.4 Å². The van der Waals surface area contributed by atoms with E-state index in [1.165, 1.54) is 6.07 Å². The van der Waals surface area contributed by atoms with Crippen molar-refractivity contribution < 1.29 is 18.8 Å². The number of anilines is 1. The molecule has 0 saturated heterocycles. The van der Waals surface area contributed by atoms with Crippen molar-refractivity contribution in [1.29, 1.82) is 0 Å². The summed E-state index contributed by atoms with van der Waals surface area (Å²) in [4.78, 5) is 39.6. The molecular formula is C35H42ClFN8O3. The van der Waals surface area contributed by atoms with Crippen molar-refractivity contribution in [3.63, 3.8) is 0 Å². The third-order valence-electron chi connectivity index (χ3n) is 8.67. The highest BCUT2D eigenvalue weighted by atomic mass is 35.5. The number of tetrazole rings is 1. The van der Waals surface area contributed by atoms with Gasteiger partial charge in [-0.25, -0.2) is 4.39 Å². The lowest BCUT2D eigenvalue weighted by atomic mass is 9.81. The molecule has 1 saturated carbocycles. The maximum Gasteiger partial charge on any atom is 0.251 e. The number of hydrogen-bond acceptors (Lipinski definition) is 7. The lowest BCUT2D eigenvalue weighted by Crippen LogP contribution is -2.48. The fourth-order valence-electron chi connectivity index (χ4n) is 5.89. The average molecular weight is 677 g/mol. The standard InChI is InChI=1S/C35H41FN8O3.ClH/c1-20(2)38-34(46)27-17-29(21(3)30(36)18-27)24-8-4-22(5-9-24)16-31(40-33(45)26-10-6-23(19-37)7-11-26)35(47)39-28-14-12-25(13-15-28)32-41-43-44-42-32;/h4-5,8-9,12-15,17-18,20,23,26,31H,6-7,10-11,16,19,37H2,1-3H3,(H,38,46)(H,39,47)(H,40,45)(H,41,42,43,44);1H/t23-,26-,31-;/m0./s1. The molecule has 0 bridgehead atoms. The molecule has 0 unspecified atom stereocenters. The van der Waals surface area contributed by atoms with Crippen LogP contribution in [0.2, 0.25) is 0 Å². The number of halogens is 2. The molecule has 1 fully saturated rings. The number of amides is 3. The fraction of sp³-hybridized carbons (Fsp3) is 0.371. The van der Waals surface area contributed by atoms with Gasteiger partial charge in [0, 0.05) is 35.2 Å². The molecule has 254 valence electrons. The summed E-state index contributed by atoms with van der Waals surface area (Å²) in [5.74, 6) is -0.630. The van der Waals surface area contributed by atoms with E-state index in [-0.39, 0.29) is 54.1 Å². The van der Waals surface area contributed by atoms with E-state index in [0.29, 0.717) is 35.1 Å². The van der Waals surface area contributed by atoms with E-state index in [4.69, 9.17) is 5.73 Å². The van der Waals surface area contributed by atoms with Gasteiger partial charge in [-0.2, -0.15) is 5.21 Å². The predicted octanol–water partition coefficient (Wildman–Crippen LogP) is 4.97. The minimum absolute atomic E-state index is 0. The van der Waals surface area contributed by atoms with Gasteiger partial charge in [-0.1, -0.05) is 24.3 Å². The summed E-state index contributed by atoms with van der Waals surface area (Å²) in [5.41, 5.74) is 9.94. The first-order valence-electron chi connectivity index (χ1n) is 16.0. The minimum atomic E-state index is -0.847. The largest absolute Gasteiger partial charge is 0.350 e. The number of rotatable bonds is 11. The third kappa shape index (κ3) is 9.02. The van der Waals surface area contributed by atoms with Gasteiger partial charge >= 0.3 is 0 Å². The molecular weight excluding hydrogens is 635 g/mol. The number of hydrogen-bond donors (Lipinski definition) is 5. The highest BCUT2D eigenvalue weighted by Crippen LogP contribution is 2.30. The topological polar surface area (TPSA) is 168 Å². The van der Waals surface area contributed by atoms with Gasteiger partial charge in [0.25, 0.3) is 5.91 Å². The first kappa shape index (κ1) is 36.2. The van der Waals surface area contributed by atoms with Crippen LogP contribution < -0.4 is 21.7 Å². The molecule has 3 amide bonds.